The monoisotopic (exact) mass is 464 g/mol. The van der Waals surface area contributed by atoms with Crippen molar-refractivity contribution in [2.24, 2.45) is 0 Å². The molecule has 0 aliphatic heterocycles. The van der Waals surface area contributed by atoms with Gasteiger partial charge in [0.15, 0.2) is 0 Å². The van der Waals surface area contributed by atoms with Crippen LogP contribution in [-0.4, -0.2) is 47.9 Å². The Balaban J connectivity index is 2.86. The zero-order valence-electron chi connectivity index (χ0n) is 21.2. The van der Waals surface area contributed by atoms with Gasteiger partial charge in [-0.15, -0.1) is 0 Å². The van der Waals surface area contributed by atoms with Gasteiger partial charge in [0.1, 0.15) is 29.0 Å². The van der Waals surface area contributed by atoms with E-state index in [2.05, 4.69) is 17.6 Å². The molecule has 2 amide bonds. The number of ether oxygens (including phenoxy) is 3. The van der Waals surface area contributed by atoms with E-state index in [1.165, 1.54) is 6.92 Å². The molecule has 186 valence electrons. The van der Waals surface area contributed by atoms with Gasteiger partial charge in [-0.05, 0) is 72.6 Å². The second-order valence-corrected chi connectivity index (χ2v) is 10.0. The highest BCUT2D eigenvalue weighted by atomic mass is 16.6. The summed E-state index contributed by atoms with van der Waals surface area (Å²) in [5, 5.41) is 5.18. The third-order valence-electron chi connectivity index (χ3n) is 4.26. The van der Waals surface area contributed by atoms with Crippen molar-refractivity contribution in [3.05, 3.63) is 29.8 Å². The molecule has 8 heteroatoms. The van der Waals surface area contributed by atoms with Crippen LogP contribution in [0, 0.1) is 0 Å². The van der Waals surface area contributed by atoms with Crippen LogP contribution in [-0.2, 0) is 25.5 Å². The third kappa shape index (κ3) is 12.2. The van der Waals surface area contributed by atoms with Gasteiger partial charge in [-0.1, -0.05) is 25.5 Å². The SMILES string of the molecule is CCCCOc1ccc(C[C@H](NC(=O)[C@H](C)NC(=O)OC(C)(C)C)C(=O)OC(C)(C)C)cc1. The van der Waals surface area contributed by atoms with E-state index in [1.54, 1.807) is 41.5 Å². The number of amides is 2. The molecule has 1 aromatic rings. The fourth-order valence-corrected chi connectivity index (χ4v) is 2.70. The molecular formula is C25H40N2O6. The molecule has 8 nitrogen and oxygen atoms in total. The van der Waals surface area contributed by atoms with Gasteiger partial charge in [0.25, 0.3) is 0 Å². The number of benzene rings is 1. The van der Waals surface area contributed by atoms with Crippen molar-refractivity contribution < 1.29 is 28.6 Å². The molecule has 2 N–H and O–H groups in total. The summed E-state index contributed by atoms with van der Waals surface area (Å²) in [6.45, 7) is 14.8. The molecule has 0 unspecified atom stereocenters. The maximum absolute atomic E-state index is 12.8. The number of nitrogens with one attached hydrogen (secondary N) is 2. The predicted molar refractivity (Wildman–Crippen MR) is 127 cm³/mol. The number of rotatable bonds is 10. The highest BCUT2D eigenvalue weighted by molar-refractivity contribution is 5.89. The lowest BCUT2D eigenvalue weighted by Gasteiger charge is -2.26. The van der Waals surface area contributed by atoms with Crippen molar-refractivity contribution in [1.29, 1.82) is 0 Å². The van der Waals surface area contributed by atoms with Crippen LogP contribution >= 0.6 is 0 Å². The summed E-state index contributed by atoms with van der Waals surface area (Å²) in [7, 11) is 0. The molecule has 0 saturated heterocycles. The summed E-state index contributed by atoms with van der Waals surface area (Å²) in [5.41, 5.74) is -0.565. The first-order chi connectivity index (χ1) is 15.2. The van der Waals surface area contributed by atoms with E-state index in [0.29, 0.717) is 6.61 Å². The average Bonchev–Trinajstić information content (AvgIpc) is 2.66. The van der Waals surface area contributed by atoms with Crippen molar-refractivity contribution in [1.82, 2.24) is 10.6 Å². The smallest absolute Gasteiger partial charge is 0.408 e. The van der Waals surface area contributed by atoms with Crippen LogP contribution in [0.2, 0.25) is 0 Å². The Labute approximate surface area is 197 Å². The summed E-state index contributed by atoms with van der Waals surface area (Å²) >= 11 is 0. The van der Waals surface area contributed by atoms with Gasteiger partial charge >= 0.3 is 12.1 Å². The van der Waals surface area contributed by atoms with E-state index in [0.717, 1.165) is 24.2 Å². The first-order valence-corrected chi connectivity index (χ1v) is 11.4. The maximum atomic E-state index is 12.8. The zero-order valence-corrected chi connectivity index (χ0v) is 21.2. The maximum Gasteiger partial charge on any atom is 0.408 e. The lowest BCUT2D eigenvalue weighted by Crippen LogP contribution is -2.52. The van der Waals surface area contributed by atoms with Crippen LogP contribution in [0.1, 0.15) is 73.8 Å². The first-order valence-electron chi connectivity index (χ1n) is 11.4. The summed E-state index contributed by atoms with van der Waals surface area (Å²) in [6.07, 6.45) is 1.55. The van der Waals surface area contributed by atoms with Crippen molar-refractivity contribution in [2.45, 2.75) is 97.9 Å². The van der Waals surface area contributed by atoms with E-state index in [9.17, 15) is 14.4 Å². The second-order valence-electron chi connectivity index (χ2n) is 10.0. The van der Waals surface area contributed by atoms with E-state index in [-0.39, 0.29) is 6.42 Å². The third-order valence-corrected chi connectivity index (χ3v) is 4.26. The van der Waals surface area contributed by atoms with Gasteiger partial charge in [-0.25, -0.2) is 9.59 Å². The summed E-state index contributed by atoms with van der Waals surface area (Å²) in [4.78, 5) is 37.5. The summed E-state index contributed by atoms with van der Waals surface area (Å²) in [6, 6.07) is 5.56. The Morgan fingerprint density at radius 1 is 0.909 bits per heavy atom. The van der Waals surface area contributed by atoms with Crippen molar-refractivity contribution in [2.75, 3.05) is 6.61 Å². The van der Waals surface area contributed by atoms with Crippen LogP contribution < -0.4 is 15.4 Å². The minimum atomic E-state index is -0.925. The molecule has 0 aromatic heterocycles. The summed E-state index contributed by atoms with van der Waals surface area (Å²) < 4.78 is 16.4. The van der Waals surface area contributed by atoms with Gasteiger partial charge < -0.3 is 24.8 Å². The molecule has 0 spiro atoms. The molecular weight excluding hydrogens is 424 g/mol. The van der Waals surface area contributed by atoms with Crippen LogP contribution in [0.25, 0.3) is 0 Å². The lowest BCUT2D eigenvalue weighted by molar-refractivity contribution is -0.158. The quantitative estimate of drug-likeness (QED) is 0.398. The molecule has 0 saturated carbocycles. The van der Waals surface area contributed by atoms with Gasteiger partial charge in [0, 0.05) is 6.42 Å². The van der Waals surface area contributed by atoms with Gasteiger partial charge in [0.05, 0.1) is 6.61 Å². The number of unbranched alkanes of at least 4 members (excludes halogenated alkanes) is 1. The van der Waals surface area contributed by atoms with Crippen LogP contribution in [0.4, 0.5) is 4.79 Å². The molecule has 0 fully saturated rings. The van der Waals surface area contributed by atoms with E-state index in [4.69, 9.17) is 14.2 Å². The fourth-order valence-electron chi connectivity index (χ4n) is 2.70. The molecule has 0 radical (unpaired) electrons. The normalized spacial score (nSPS) is 13.5. The van der Waals surface area contributed by atoms with Gasteiger partial charge in [-0.3, -0.25) is 4.79 Å². The van der Waals surface area contributed by atoms with Gasteiger partial charge in [-0.2, -0.15) is 0 Å². The molecule has 0 aliphatic carbocycles. The van der Waals surface area contributed by atoms with Crippen LogP contribution in [0.3, 0.4) is 0 Å². The van der Waals surface area contributed by atoms with Crippen LogP contribution in [0.15, 0.2) is 24.3 Å². The molecule has 0 bridgehead atoms. The number of hydrogen-bond donors (Lipinski definition) is 2. The number of esters is 1. The molecule has 1 aromatic carbocycles. The largest absolute Gasteiger partial charge is 0.494 e. The number of carbonyl (C=O) groups is 3. The van der Waals surface area contributed by atoms with E-state index < -0.39 is 41.3 Å². The number of hydrogen-bond acceptors (Lipinski definition) is 6. The van der Waals surface area contributed by atoms with Crippen molar-refractivity contribution >= 4 is 18.0 Å². The number of carbonyl (C=O) groups excluding carboxylic acids is 3. The predicted octanol–water partition coefficient (Wildman–Crippen LogP) is 4.15. The highest BCUT2D eigenvalue weighted by Crippen LogP contribution is 2.16. The van der Waals surface area contributed by atoms with Crippen molar-refractivity contribution in [3.63, 3.8) is 0 Å². The number of alkyl carbamates (subject to hydrolysis) is 1. The second kappa shape index (κ2) is 12.5. The Kier molecular flexibility index (Phi) is 10.7. The Hall–Kier alpha value is -2.77. The molecule has 1 rings (SSSR count). The van der Waals surface area contributed by atoms with Crippen LogP contribution in [0.5, 0.6) is 5.75 Å². The molecule has 2 atom stereocenters. The lowest BCUT2D eigenvalue weighted by atomic mass is 10.0. The molecule has 33 heavy (non-hydrogen) atoms. The minimum Gasteiger partial charge on any atom is -0.494 e. The zero-order chi connectivity index (χ0) is 25.2. The average molecular weight is 465 g/mol. The highest BCUT2D eigenvalue weighted by Gasteiger charge is 2.29. The Morgan fingerprint density at radius 2 is 1.48 bits per heavy atom. The standard InChI is InChI=1S/C25H40N2O6/c1-9-10-15-31-19-13-11-18(12-14-19)16-20(22(29)32-24(3,4)5)27-21(28)17(2)26-23(30)33-25(6,7)8/h11-14,17,20H,9-10,15-16H2,1-8H3,(H,26,30)(H,27,28)/t17-,20-/m0/s1. The topological polar surface area (TPSA) is 103 Å². The minimum absolute atomic E-state index is 0.231. The van der Waals surface area contributed by atoms with Gasteiger partial charge in [0.2, 0.25) is 5.91 Å². The Morgan fingerprint density at radius 3 is 2.00 bits per heavy atom. The van der Waals surface area contributed by atoms with E-state index >= 15 is 0 Å². The van der Waals surface area contributed by atoms with Crippen molar-refractivity contribution in [3.8, 4) is 5.75 Å². The fraction of sp³-hybridized carbons (Fsp3) is 0.640. The van der Waals surface area contributed by atoms with E-state index in [1.807, 2.05) is 24.3 Å². The summed E-state index contributed by atoms with van der Waals surface area (Å²) in [5.74, 6) is -0.319. The Bertz CT molecular complexity index is 778. The molecule has 0 heterocycles. The first kappa shape index (κ1) is 28.3. The molecule has 0 aliphatic rings.